The minimum absolute atomic E-state index is 0.780. The molecule has 3 nitrogen and oxygen atoms in total. The van der Waals surface area contributed by atoms with Crippen molar-refractivity contribution in [2.24, 2.45) is 0 Å². The summed E-state index contributed by atoms with van der Waals surface area (Å²) in [4.78, 5) is 0. The Labute approximate surface area is 111 Å². The Morgan fingerprint density at radius 3 is 2.72 bits per heavy atom. The van der Waals surface area contributed by atoms with Gasteiger partial charge < -0.3 is 15.4 Å². The number of rotatable bonds is 10. The molecule has 0 aromatic heterocycles. The number of benzene rings is 1. The highest BCUT2D eigenvalue weighted by Gasteiger charge is 1.96. The van der Waals surface area contributed by atoms with Gasteiger partial charge in [0.2, 0.25) is 0 Å². The molecule has 0 aliphatic carbocycles. The molecule has 0 fully saturated rings. The van der Waals surface area contributed by atoms with Crippen molar-refractivity contribution in [1.82, 2.24) is 5.32 Å². The van der Waals surface area contributed by atoms with Gasteiger partial charge in [-0.25, -0.2) is 0 Å². The molecule has 0 bridgehead atoms. The van der Waals surface area contributed by atoms with Gasteiger partial charge in [-0.2, -0.15) is 0 Å². The molecule has 0 aliphatic rings. The zero-order chi connectivity index (χ0) is 13.1. The summed E-state index contributed by atoms with van der Waals surface area (Å²) in [6.07, 6.45) is 3.54. The minimum Gasteiger partial charge on any atom is -0.494 e. The van der Waals surface area contributed by atoms with Gasteiger partial charge in [-0.1, -0.05) is 26.3 Å². The fraction of sp³-hybridized carbons (Fsp3) is 0.600. The first-order chi connectivity index (χ1) is 8.86. The van der Waals surface area contributed by atoms with Gasteiger partial charge in [0.25, 0.3) is 0 Å². The Morgan fingerprint density at radius 1 is 1.06 bits per heavy atom. The van der Waals surface area contributed by atoms with E-state index in [-0.39, 0.29) is 0 Å². The molecule has 0 radical (unpaired) electrons. The number of unbranched alkanes of at least 4 members (excludes halogenated alkanes) is 1. The monoisotopic (exact) mass is 250 g/mol. The molecule has 0 aliphatic heterocycles. The van der Waals surface area contributed by atoms with Crippen LogP contribution in [-0.2, 0) is 0 Å². The fourth-order valence-corrected chi connectivity index (χ4v) is 1.64. The number of hydrogen-bond acceptors (Lipinski definition) is 3. The van der Waals surface area contributed by atoms with Gasteiger partial charge in [0.05, 0.1) is 6.61 Å². The van der Waals surface area contributed by atoms with Crippen molar-refractivity contribution < 1.29 is 4.74 Å². The van der Waals surface area contributed by atoms with Crippen molar-refractivity contribution in [3.8, 4) is 5.75 Å². The molecule has 1 aromatic carbocycles. The highest BCUT2D eigenvalue weighted by Crippen LogP contribution is 2.17. The van der Waals surface area contributed by atoms with Crippen LogP contribution in [0.1, 0.15) is 33.1 Å². The molecule has 0 heterocycles. The van der Waals surface area contributed by atoms with Crippen LogP contribution in [0.4, 0.5) is 5.69 Å². The summed E-state index contributed by atoms with van der Waals surface area (Å²) >= 11 is 0. The Balaban J connectivity index is 2.20. The van der Waals surface area contributed by atoms with Gasteiger partial charge in [0.15, 0.2) is 0 Å². The van der Waals surface area contributed by atoms with Gasteiger partial charge in [-0.05, 0) is 31.5 Å². The van der Waals surface area contributed by atoms with E-state index in [1.807, 2.05) is 12.1 Å². The maximum absolute atomic E-state index is 5.60. The van der Waals surface area contributed by atoms with E-state index in [2.05, 4.69) is 36.6 Å². The van der Waals surface area contributed by atoms with E-state index in [4.69, 9.17) is 4.74 Å². The Hall–Kier alpha value is -1.22. The van der Waals surface area contributed by atoms with Crippen molar-refractivity contribution in [2.45, 2.75) is 33.1 Å². The molecule has 2 N–H and O–H groups in total. The molecule has 0 amide bonds. The van der Waals surface area contributed by atoms with Crippen LogP contribution in [0, 0.1) is 0 Å². The summed E-state index contributed by atoms with van der Waals surface area (Å²) < 4.78 is 5.60. The summed E-state index contributed by atoms with van der Waals surface area (Å²) in [6.45, 7) is 8.16. The first-order valence-corrected chi connectivity index (χ1v) is 7.04. The first-order valence-electron chi connectivity index (χ1n) is 7.04. The topological polar surface area (TPSA) is 33.3 Å². The van der Waals surface area contributed by atoms with Crippen molar-refractivity contribution in [2.75, 3.05) is 31.6 Å². The summed E-state index contributed by atoms with van der Waals surface area (Å²) in [6, 6.07) is 8.16. The maximum atomic E-state index is 5.60. The van der Waals surface area contributed by atoms with E-state index < -0.39 is 0 Å². The summed E-state index contributed by atoms with van der Waals surface area (Å²) in [5.41, 5.74) is 1.13. The largest absolute Gasteiger partial charge is 0.494 e. The van der Waals surface area contributed by atoms with Crippen LogP contribution < -0.4 is 15.4 Å². The zero-order valence-corrected chi connectivity index (χ0v) is 11.7. The predicted molar refractivity (Wildman–Crippen MR) is 78.5 cm³/mol. The van der Waals surface area contributed by atoms with Crippen molar-refractivity contribution in [3.05, 3.63) is 24.3 Å². The van der Waals surface area contributed by atoms with Crippen molar-refractivity contribution in [1.29, 1.82) is 0 Å². The molecule has 0 spiro atoms. The second-order valence-electron chi connectivity index (χ2n) is 4.41. The first kappa shape index (κ1) is 14.8. The number of hydrogen-bond donors (Lipinski definition) is 2. The SMILES string of the molecule is CCCCNCCNc1cccc(OCCC)c1. The van der Waals surface area contributed by atoms with E-state index in [1.165, 1.54) is 12.8 Å². The predicted octanol–water partition coefficient (Wildman–Crippen LogP) is 3.28. The Kier molecular flexibility index (Phi) is 8.06. The summed E-state index contributed by atoms with van der Waals surface area (Å²) in [5.74, 6) is 0.945. The number of ether oxygens (including phenoxy) is 1. The van der Waals surface area contributed by atoms with E-state index in [0.29, 0.717) is 0 Å². The molecule has 0 saturated heterocycles. The standard InChI is InChI=1S/C15H26N2O/c1-3-5-9-16-10-11-17-14-7-6-8-15(13-14)18-12-4-2/h6-8,13,16-17H,3-5,9-12H2,1-2H3. The highest BCUT2D eigenvalue weighted by atomic mass is 16.5. The van der Waals surface area contributed by atoms with Crippen molar-refractivity contribution >= 4 is 5.69 Å². The third-order valence-corrected chi connectivity index (χ3v) is 2.64. The summed E-state index contributed by atoms with van der Waals surface area (Å²) in [7, 11) is 0. The third kappa shape index (κ3) is 6.50. The quantitative estimate of drug-likeness (QED) is 0.625. The van der Waals surface area contributed by atoms with Crippen LogP contribution in [0.2, 0.25) is 0 Å². The van der Waals surface area contributed by atoms with E-state index in [0.717, 1.165) is 44.1 Å². The van der Waals surface area contributed by atoms with Crippen LogP contribution in [0.25, 0.3) is 0 Å². The zero-order valence-electron chi connectivity index (χ0n) is 11.7. The summed E-state index contributed by atoms with van der Waals surface area (Å²) in [5, 5.41) is 6.81. The normalized spacial score (nSPS) is 10.3. The molecule has 0 atom stereocenters. The molecule has 102 valence electrons. The lowest BCUT2D eigenvalue weighted by Gasteiger charge is -2.10. The van der Waals surface area contributed by atoms with Gasteiger partial charge >= 0.3 is 0 Å². The van der Waals surface area contributed by atoms with E-state index in [9.17, 15) is 0 Å². The van der Waals surface area contributed by atoms with E-state index in [1.54, 1.807) is 0 Å². The van der Waals surface area contributed by atoms with Crippen LogP contribution in [0.3, 0.4) is 0 Å². The van der Waals surface area contributed by atoms with Gasteiger partial charge in [-0.3, -0.25) is 0 Å². The van der Waals surface area contributed by atoms with Gasteiger partial charge in [0, 0.05) is 24.8 Å². The minimum atomic E-state index is 0.780. The van der Waals surface area contributed by atoms with Crippen LogP contribution in [0.5, 0.6) is 5.75 Å². The molecular formula is C15H26N2O. The molecule has 0 unspecified atom stereocenters. The molecule has 1 aromatic rings. The molecule has 1 rings (SSSR count). The second-order valence-corrected chi connectivity index (χ2v) is 4.41. The third-order valence-electron chi connectivity index (χ3n) is 2.64. The lowest BCUT2D eigenvalue weighted by molar-refractivity contribution is 0.317. The Bertz CT molecular complexity index is 315. The van der Waals surface area contributed by atoms with Crippen LogP contribution in [0.15, 0.2) is 24.3 Å². The van der Waals surface area contributed by atoms with E-state index >= 15 is 0 Å². The lowest BCUT2D eigenvalue weighted by atomic mass is 10.3. The maximum Gasteiger partial charge on any atom is 0.121 e. The van der Waals surface area contributed by atoms with Crippen LogP contribution in [-0.4, -0.2) is 26.2 Å². The average Bonchev–Trinajstić information content (AvgIpc) is 2.41. The molecular weight excluding hydrogens is 224 g/mol. The van der Waals surface area contributed by atoms with Crippen LogP contribution >= 0.6 is 0 Å². The number of anilines is 1. The average molecular weight is 250 g/mol. The number of nitrogens with one attached hydrogen (secondary N) is 2. The Morgan fingerprint density at radius 2 is 1.94 bits per heavy atom. The van der Waals surface area contributed by atoms with Gasteiger partial charge in [-0.15, -0.1) is 0 Å². The molecule has 18 heavy (non-hydrogen) atoms. The van der Waals surface area contributed by atoms with Gasteiger partial charge in [0.1, 0.15) is 5.75 Å². The molecule has 0 saturated carbocycles. The second kappa shape index (κ2) is 9.77. The molecule has 3 heteroatoms. The fourth-order valence-electron chi connectivity index (χ4n) is 1.64. The smallest absolute Gasteiger partial charge is 0.121 e. The lowest BCUT2D eigenvalue weighted by Crippen LogP contribution is -2.23. The highest BCUT2D eigenvalue weighted by molar-refractivity contribution is 5.48. The van der Waals surface area contributed by atoms with Crippen molar-refractivity contribution in [3.63, 3.8) is 0 Å².